The number of ketones is 1. The molecule has 4 N–H and O–H groups in total. The van der Waals surface area contributed by atoms with Gasteiger partial charge in [0.15, 0.2) is 11.6 Å². The molecule has 172 valence electrons. The molecule has 3 aromatic rings. The van der Waals surface area contributed by atoms with Crippen LogP contribution in [0.2, 0.25) is 0 Å². The van der Waals surface area contributed by atoms with Gasteiger partial charge in [0.25, 0.3) is 0 Å². The zero-order chi connectivity index (χ0) is 22.2. The molecule has 3 aromatic heterocycles. The van der Waals surface area contributed by atoms with E-state index in [0.717, 1.165) is 72.6 Å². The highest BCUT2D eigenvalue weighted by atomic mass is 32.1. The Morgan fingerprint density at radius 2 is 2.12 bits per heavy atom. The molecule has 2 unspecified atom stereocenters. The van der Waals surface area contributed by atoms with Crippen LogP contribution < -0.4 is 16.0 Å². The lowest BCUT2D eigenvalue weighted by Crippen LogP contribution is -2.85. The van der Waals surface area contributed by atoms with E-state index >= 15 is 0 Å². The van der Waals surface area contributed by atoms with E-state index < -0.39 is 0 Å². The van der Waals surface area contributed by atoms with Crippen LogP contribution in [0.1, 0.15) is 44.2 Å². The number of aryl methyl sites for hydroxylation is 1. The molecule has 0 aliphatic carbocycles. The number of fused-ring (bicyclic) bond motifs is 1. The van der Waals surface area contributed by atoms with Gasteiger partial charge in [0, 0.05) is 29.9 Å². The quantitative estimate of drug-likeness (QED) is 0.441. The molecule has 0 aromatic carbocycles. The lowest BCUT2D eigenvalue weighted by atomic mass is 9.56. The molecule has 10 heteroatoms. The fourth-order valence-corrected chi connectivity index (χ4v) is 7.43. The highest BCUT2D eigenvalue weighted by Gasteiger charge is 2.69. The molecule has 9 nitrogen and oxygen atoms in total. The van der Waals surface area contributed by atoms with Gasteiger partial charge in [-0.05, 0) is 63.4 Å². The number of hydrogen-bond donors (Lipinski definition) is 4. The number of carbonyl (C=O) groups excluding carboxylic acids is 1. The zero-order valence-corrected chi connectivity index (χ0v) is 19.4. The number of piperidine rings is 2. The van der Waals surface area contributed by atoms with Crippen LogP contribution in [0, 0.1) is 6.92 Å². The second-order valence-corrected chi connectivity index (χ2v) is 11.0. The first-order chi connectivity index (χ1) is 16.1. The number of carbonyl (C=O) groups is 1. The molecule has 7 heterocycles. The Morgan fingerprint density at radius 1 is 1.27 bits per heavy atom. The van der Waals surface area contributed by atoms with Crippen LogP contribution in [-0.2, 0) is 4.79 Å². The van der Waals surface area contributed by atoms with E-state index in [4.69, 9.17) is 9.97 Å². The number of rotatable bonds is 6. The van der Waals surface area contributed by atoms with Crippen LogP contribution in [0.4, 0.5) is 17.6 Å². The second kappa shape index (κ2) is 7.22. The van der Waals surface area contributed by atoms with E-state index in [2.05, 4.69) is 31.0 Å². The van der Waals surface area contributed by atoms with Crippen LogP contribution in [0.25, 0.3) is 10.2 Å². The average molecular weight is 465 g/mol. The second-order valence-electron chi connectivity index (χ2n) is 10.1. The van der Waals surface area contributed by atoms with Gasteiger partial charge in [-0.1, -0.05) is 0 Å². The van der Waals surface area contributed by atoms with E-state index in [9.17, 15) is 4.79 Å². The van der Waals surface area contributed by atoms with Crippen LogP contribution in [0.5, 0.6) is 0 Å². The predicted octanol–water partition coefficient (Wildman–Crippen LogP) is 2.95. The lowest BCUT2D eigenvalue weighted by Gasteiger charge is -2.72. The van der Waals surface area contributed by atoms with Gasteiger partial charge < -0.3 is 16.0 Å². The van der Waals surface area contributed by atoms with E-state index in [-0.39, 0.29) is 11.6 Å². The van der Waals surface area contributed by atoms with Crippen LogP contribution in [0.3, 0.4) is 0 Å². The molecule has 0 radical (unpaired) electrons. The van der Waals surface area contributed by atoms with Gasteiger partial charge >= 0.3 is 0 Å². The van der Waals surface area contributed by atoms with Crippen molar-refractivity contribution in [3.63, 3.8) is 0 Å². The maximum absolute atomic E-state index is 13.1. The van der Waals surface area contributed by atoms with Crippen LogP contribution in [0.15, 0.2) is 17.5 Å². The number of H-pyrrole nitrogens is 1. The summed E-state index contributed by atoms with van der Waals surface area (Å²) in [6.45, 7) is 2.96. The molecule has 4 aliphatic heterocycles. The number of hydrogen-bond acceptors (Lipinski definition) is 9. The maximum Gasteiger partial charge on any atom is 0.226 e. The molecule has 4 fully saturated rings. The van der Waals surface area contributed by atoms with Crippen molar-refractivity contribution in [3.05, 3.63) is 23.2 Å². The first-order valence-corrected chi connectivity index (χ1v) is 12.8. The molecule has 0 amide bonds. The Bertz CT molecular complexity index is 1210. The van der Waals surface area contributed by atoms with Crippen LogP contribution >= 0.6 is 11.3 Å². The summed E-state index contributed by atoms with van der Waals surface area (Å²) in [6.07, 6.45) is 6.22. The van der Waals surface area contributed by atoms with Gasteiger partial charge in [-0.25, -0.2) is 4.98 Å². The summed E-state index contributed by atoms with van der Waals surface area (Å²) in [7, 11) is 0. The first-order valence-electron chi connectivity index (χ1n) is 12.0. The van der Waals surface area contributed by atoms with Gasteiger partial charge in [0.05, 0.1) is 17.0 Å². The maximum atomic E-state index is 13.1. The van der Waals surface area contributed by atoms with Crippen molar-refractivity contribution < 1.29 is 4.79 Å². The van der Waals surface area contributed by atoms with Crippen molar-refractivity contribution in [2.45, 2.75) is 75.2 Å². The Kier molecular flexibility index (Phi) is 4.35. The molecule has 7 rings (SSSR count). The smallest absolute Gasteiger partial charge is 0.226 e. The van der Waals surface area contributed by atoms with Gasteiger partial charge in [-0.15, -0.1) is 11.3 Å². The molecule has 0 spiro atoms. The van der Waals surface area contributed by atoms with E-state index in [1.54, 1.807) is 11.3 Å². The van der Waals surface area contributed by atoms with Gasteiger partial charge in [0.2, 0.25) is 5.95 Å². The van der Waals surface area contributed by atoms with Crippen molar-refractivity contribution >= 4 is 44.9 Å². The molecule has 0 bridgehead atoms. The summed E-state index contributed by atoms with van der Waals surface area (Å²) in [4.78, 5) is 26.2. The van der Waals surface area contributed by atoms with Gasteiger partial charge in [0.1, 0.15) is 10.6 Å². The molecule has 0 saturated carbocycles. The molecule has 4 saturated heterocycles. The summed E-state index contributed by atoms with van der Waals surface area (Å²) >= 11 is 1.62. The third-order valence-electron chi connectivity index (χ3n) is 7.99. The lowest BCUT2D eigenvalue weighted by molar-refractivity contribution is -0.218. The van der Waals surface area contributed by atoms with Crippen molar-refractivity contribution in [1.82, 2.24) is 30.4 Å². The van der Waals surface area contributed by atoms with Crippen LogP contribution in [-0.4, -0.2) is 67.1 Å². The number of aromatic nitrogens is 4. The zero-order valence-electron chi connectivity index (χ0n) is 18.6. The normalized spacial score (nSPS) is 32.8. The van der Waals surface area contributed by atoms with Crippen molar-refractivity contribution in [2.75, 3.05) is 17.2 Å². The molecular weight excluding hydrogens is 436 g/mol. The van der Waals surface area contributed by atoms with Gasteiger partial charge in [-0.2, -0.15) is 10.1 Å². The number of anilines is 3. The monoisotopic (exact) mass is 464 g/mol. The molecule has 4 aliphatic rings. The highest BCUT2D eigenvalue weighted by molar-refractivity contribution is 7.16. The molecule has 33 heavy (non-hydrogen) atoms. The standard InChI is InChI=1S/C23H28N8OS/c1-12-7-18(30-29-12)26-20-16-4-6-33-21(16)28-22(27-20)25-13-8-14-10-23(11-15(9-13)31(14)23)19(32)17-3-2-5-24-17/h4,6-7,13-15,17,24H,2-3,5,8-11H2,1H3,(H3,25,26,27,28,29,30)/t13?,14-,15+,17-,23?/m1/s1. The summed E-state index contributed by atoms with van der Waals surface area (Å²) in [5.74, 6) is 2.64. The Morgan fingerprint density at radius 3 is 2.85 bits per heavy atom. The summed E-state index contributed by atoms with van der Waals surface area (Å²) < 4.78 is 0. The minimum atomic E-state index is -0.159. The third kappa shape index (κ3) is 3.04. The highest BCUT2D eigenvalue weighted by Crippen LogP contribution is 2.57. The topological polar surface area (TPSA) is 111 Å². The minimum Gasteiger partial charge on any atom is -0.351 e. The Hall–Kier alpha value is -2.56. The van der Waals surface area contributed by atoms with Gasteiger partial charge in [-0.3, -0.25) is 14.8 Å². The number of Topliss-reactive ketones (excluding diaryl/α,β-unsaturated/α-hetero) is 1. The van der Waals surface area contributed by atoms with E-state index in [0.29, 0.717) is 29.9 Å². The minimum absolute atomic E-state index is 0.0814. The fraction of sp³-hybridized carbons (Fsp3) is 0.565. The third-order valence-corrected chi connectivity index (χ3v) is 8.79. The van der Waals surface area contributed by atoms with Crippen molar-refractivity contribution in [2.24, 2.45) is 0 Å². The SMILES string of the molecule is Cc1cc(Nc2nc(NC3C[C@@H]4CC5(C(=O)[C@H]6CCCN6)C[C@H](C3)N45)nc3sccc23)n[nH]1. The predicted molar refractivity (Wildman–Crippen MR) is 128 cm³/mol. The number of nitrogens with one attached hydrogen (secondary N) is 4. The summed E-state index contributed by atoms with van der Waals surface area (Å²) in [5.41, 5.74) is 0.838. The average Bonchev–Trinajstić information content (AvgIpc) is 3.51. The largest absolute Gasteiger partial charge is 0.351 e. The summed E-state index contributed by atoms with van der Waals surface area (Å²) in [6, 6.07) is 5.41. The van der Waals surface area contributed by atoms with Crippen molar-refractivity contribution in [3.8, 4) is 0 Å². The first kappa shape index (κ1) is 19.9. The molecular formula is C23H28N8OS. The fourth-order valence-electron chi connectivity index (χ4n) is 6.67. The van der Waals surface area contributed by atoms with Crippen molar-refractivity contribution in [1.29, 1.82) is 0 Å². The number of thiophene rings is 1. The Labute approximate surface area is 195 Å². The Balaban J connectivity index is 1.07. The molecule has 5 atom stereocenters. The number of nitrogens with zero attached hydrogens (tertiary/aromatic N) is 4. The van der Waals surface area contributed by atoms with E-state index in [1.807, 2.05) is 24.4 Å². The summed E-state index contributed by atoms with van der Waals surface area (Å²) in [5, 5.41) is 20.7. The van der Waals surface area contributed by atoms with E-state index in [1.165, 1.54) is 0 Å². The number of aromatic amines is 1.